The molecule has 0 aliphatic carbocycles. The zero-order valence-electron chi connectivity index (χ0n) is 10.6. The highest BCUT2D eigenvalue weighted by molar-refractivity contribution is 9.10. The summed E-state index contributed by atoms with van der Waals surface area (Å²) in [6.45, 7) is 2.53. The van der Waals surface area contributed by atoms with E-state index in [1.165, 1.54) is 12.1 Å². The van der Waals surface area contributed by atoms with Crippen molar-refractivity contribution >= 4 is 15.9 Å². The van der Waals surface area contributed by atoms with E-state index in [-0.39, 0.29) is 11.9 Å². The minimum absolute atomic E-state index is 0.280. The van der Waals surface area contributed by atoms with Gasteiger partial charge in [0, 0.05) is 0 Å². The Kier molecular flexibility index (Phi) is 4.56. The van der Waals surface area contributed by atoms with Gasteiger partial charge in [0.15, 0.2) is 0 Å². The van der Waals surface area contributed by atoms with Crippen LogP contribution in [0.4, 0.5) is 4.39 Å². The normalized spacial score (nSPS) is 12.2. The number of halogens is 2. The van der Waals surface area contributed by atoms with E-state index in [4.69, 9.17) is 10.5 Å². The maximum Gasteiger partial charge on any atom is 0.133 e. The monoisotopic (exact) mass is 323 g/mol. The highest BCUT2D eigenvalue weighted by atomic mass is 79.9. The van der Waals surface area contributed by atoms with Crippen LogP contribution in [0.3, 0.4) is 0 Å². The minimum atomic E-state index is -0.359. The molecule has 0 aliphatic heterocycles. The molecule has 100 valence electrons. The van der Waals surface area contributed by atoms with Crippen molar-refractivity contribution in [2.45, 2.75) is 13.0 Å². The molecule has 1 unspecified atom stereocenters. The summed E-state index contributed by atoms with van der Waals surface area (Å²) in [5.41, 5.74) is 7.80. The molecule has 0 saturated carbocycles. The summed E-state index contributed by atoms with van der Waals surface area (Å²) < 4.78 is 19.5. The van der Waals surface area contributed by atoms with Crippen molar-refractivity contribution in [3.8, 4) is 5.75 Å². The molecule has 4 heteroatoms. The summed E-state index contributed by atoms with van der Waals surface area (Å²) in [5, 5.41) is 0. The van der Waals surface area contributed by atoms with Gasteiger partial charge in [-0.1, -0.05) is 18.2 Å². The lowest BCUT2D eigenvalue weighted by atomic mass is 9.99. The van der Waals surface area contributed by atoms with Crippen molar-refractivity contribution in [3.05, 3.63) is 63.9 Å². The zero-order chi connectivity index (χ0) is 13.8. The smallest absolute Gasteiger partial charge is 0.133 e. The molecule has 0 fully saturated rings. The lowest BCUT2D eigenvalue weighted by molar-refractivity contribution is 0.338. The molecule has 0 aliphatic rings. The van der Waals surface area contributed by atoms with Crippen LogP contribution in [0.15, 0.2) is 46.9 Å². The second-order valence-electron chi connectivity index (χ2n) is 4.16. The topological polar surface area (TPSA) is 35.2 Å². The van der Waals surface area contributed by atoms with Crippen LogP contribution < -0.4 is 10.5 Å². The first-order chi connectivity index (χ1) is 9.11. The number of hydrogen-bond acceptors (Lipinski definition) is 2. The molecule has 2 rings (SSSR count). The predicted molar refractivity (Wildman–Crippen MR) is 77.7 cm³/mol. The summed E-state index contributed by atoms with van der Waals surface area (Å²) in [6, 6.07) is 11.6. The number of ether oxygens (including phenoxy) is 1. The fraction of sp³-hybridized carbons (Fsp3) is 0.200. The predicted octanol–water partition coefficient (Wildman–Crippen LogP) is 4.04. The van der Waals surface area contributed by atoms with Crippen LogP contribution in [0, 0.1) is 5.82 Å². The summed E-state index contributed by atoms with van der Waals surface area (Å²) in [5.74, 6) is 0.496. The van der Waals surface area contributed by atoms with Crippen molar-refractivity contribution in [2.24, 2.45) is 5.73 Å². The quantitative estimate of drug-likeness (QED) is 0.921. The van der Waals surface area contributed by atoms with Gasteiger partial charge in [-0.25, -0.2) is 4.39 Å². The summed E-state index contributed by atoms with van der Waals surface area (Å²) in [6.07, 6.45) is 0. The molecule has 2 nitrogen and oxygen atoms in total. The molecule has 0 amide bonds. The lowest BCUT2D eigenvalue weighted by Crippen LogP contribution is -2.12. The van der Waals surface area contributed by atoms with Crippen LogP contribution >= 0.6 is 15.9 Å². The van der Waals surface area contributed by atoms with Crippen LogP contribution in [0.2, 0.25) is 0 Å². The SMILES string of the molecule is CCOc1ccc(C(N)c2cccc(F)c2)cc1Br. The first kappa shape index (κ1) is 14.0. The Morgan fingerprint density at radius 3 is 2.58 bits per heavy atom. The van der Waals surface area contributed by atoms with Gasteiger partial charge >= 0.3 is 0 Å². The van der Waals surface area contributed by atoms with Crippen LogP contribution in [0.25, 0.3) is 0 Å². The standard InChI is InChI=1S/C15H15BrFNO/c1-2-19-14-7-6-11(9-13(14)16)15(18)10-4-3-5-12(17)8-10/h3-9,15H,2,18H2,1H3. The van der Waals surface area contributed by atoms with Gasteiger partial charge in [0.25, 0.3) is 0 Å². The van der Waals surface area contributed by atoms with Gasteiger partial charge in [-0.05, 0) is 58.2 Å². The van der Waals surface area contributed by atoms with Gasteiger partial charge in [0.1, 0.15) is 11.6 Å². The molecule has 2 aromatic carbocycles. The van der Waals surface area contributed by atoms with E-state index in [1.54, 1.807) is 6.07 Å². The van der Waals surface area contributed by atoms with E-state index in [0.717, 1.165) is 21.3 Å². The number of nitrogens with two attached hydrogens (primary N) is 1. The molecule has 0 bridgehead atoms. The second-order valence-corrected chi connectivity index (χ2v) is 5.01. The maximum atomic E-state index is 13.2. The van der Waals surface area contributed by atoms with Gasteiger partial charge < -0.3 is 10.5 Å². The molecular formula is C15H15BrFNO. The summed E-state index contributed by atoms with van der Waals surface area (Å²) in [7, 11) is 0. The van der Waals surface area contributed by atoms with Crippen LogP contribution in [0.5, 0.6) is 5.75 Å². The third-order valence-corrected chi connectivity index (χ3v) is 3.44. The fourth-order valence-electron chi connectivity index (χ4n) is 1.88. The van der Waals surface area contributed by atoms with Gasteiger partial charge in [0.2, 0.25) is 0 Å². The van der Waals surface area contributed by atoms with E-state index in [2.05, 4.69) is 15.9 Å². The van der Waals surface area contributed by atoms with E-state index >= 15 is 0 Å². The van der Waals surface area contributed by atoms with Crippen molar-refractivity contribution < 1.29 is 9.13 Å². The van der Waals surface area contributed by atoms with Gasteiger partial charge in [-0.15, -0.1) is 0 Å². The van der Waals surface area contributed by atoms with E-state index < -0.39 is 0 Å². The van der Waals surface area contributed by atoms with Gasteiger partial charge in [0.05, 0.1) is 17.1 Å². The minimum Gasteiger partial charge on any atom is -0.493 e. The number of hydrogen-bond donors (Lipinski definition) is 1. The Morgan fingerprint density at radius 2 is 1.95 bits per heavy atom. The molecule has 19 heavy (non-hydrogen) atoms. The summed E-state index contributed by atoms with van der Waals surface area (Å²) >= 11 is 3.45. The van der Waals surface area contributed by atoms with E-state index in [0.29, 0.717) is 6.61 Å². The molecule has 2 aromatic rings. The highest BCUT2D eigenvalue weighted by Gasteiger charge is 2.11. The Balaban J connectivity index is 2.29. The first-order valence-electron chi connectivity index (χ1n) is 6.05. The largest absolute Gasteiger partial charge is 0.493 e. The Labute approximate surface area is 120 Å². The van der Waals surface area contributed by atoms with Gasteiger partial charge in [-0.3, -0.25) is 0 Å². The molecule has 1 atom stereocenters. The van der Waals surface area contributed by atoms with E-state index in [1.807, 2.05) is 31.2 Å². The Hall–Kier alpha value is -1.39. The van der Waals surface area contributed by atoms with Crippen molar-refractivity contribution in [1.82, 2.24) is 0 Å². The van der Waals surface area contributed by atoms with Crippen molar-refractivity contribution in [1.29, 1.82) is 0 Å². The number of rotatable bonds is 4. The van der Waals surface area contributed by atoms with Crippen LogP contribution in [-0.2, 0) is 0 Å². The average molecular weight is 324 g/mol. The Morgan fingerprint density at radius 1 is 1.21 bits per heavy atom. The third-order valence-electron chi connectivity index (χ3n) is 2.82. The fourth-order valence-corrected chi connectivity index (χ4v) is 2.39. The van der Waals surface area contributed by atoms with Gasteiger partial charge in [-0.2, -0.15) is 0 Å². The zero-order valence-corrected chi connectivity index (χ0v) is 12.2. The average Bonchev–Trinajstić information content (AvgIpc) is 2.40. The third kappa shape index (κ3) is 3.33. The van der Waals surface area contributed by atoms with Crippen LogP contribution in [-0.4, -0.2) is 6.61 Å². The molecular weight excluding hydrogens is 309 g/mol. The Bertz CT molecular complexity index is 574. The highest BCUT2D eigenvalue weighted by Crippen LogP contribution is 2.30. The molecule has 0 aromatic heterocycles. The molecule has 0 radical (unpaired) electrons. The molecule has 2 N–H and O–H groups in total. The molecule has 0 saturated heterocycles. The van der Waals surface area contributed by atoms with Crippen molar-refractivity contribution in [3.63, 3.8) is 0 Å². The molecule has 0 heterocycles. The lowest BCUT2D eigenvalue weighted by Gasteiger charge is -2.14. The molecule has 0 spiro atoms. The second kappa shape index (κ2) is 6.17. The number of benzene rings is 2. The summed E-state index contributed by atoms with van der Waals surface area (Å²) in [4.78, 5) is 0. The maximum absolute atomic E-state index is 13.2. The van der Waals surface area contributed by atoms with Crippen LogP contribution in [0.1, 0.15) is 24.1 Å². The first-order valence-corrected chi connectivity index (χ1v) is 6.84. The van der Waals surface area contributed by atoms with E-state index in [9.17, 15) is 4.39 Å². The van der Waals surface area contributed by atoms with Crippen molar-refractivity contribution in [2.75, 3.05) is 6.61 Å².